The second kappa shape index (κ2) is 46.7. The lowest BCUT2D eigenvalue weighted by Crippen LogP contribution is -2.48. The van der Waals surface area contributed by atoms with E-state index in [1.165, 1.54) is 296 Å². The molecule has 7 aromatic carbocycles. The highest BCUT2D eigenvalue weighted by Crippen LogP contribution is 2.45. The van der Waals surface area contributed by atoms with Crippen LogP contribution in [0.4, 0.5) is 0 Å². The zero-order chi connectivity index (χ0) is 98.5. The molecule has 0 atom stereocenters. The van der Waals surface area contributed by atoms with Gasteiger partial charge >= 0.3 is 0 Å². The van der Waals surface area contributed by atoms with E-state index in [4.69, 9.17) is 0 Å². The van der Waals surface area contributed by atoms with Gasteiger partial charge in [-0.3, -0.25) is 4.79 Å². The van der Waals surface area contributed by atoms with E-state index in [1.807, 2.05) is 17.0 Å². The van der Waals surface area contributed by atoms with Gasteiger partial charge in [0.1, 0.15) is 0 Å². The van der Waals surface area contributed by atoms with Crippen molar-refractivity contribution in [2.24, 2.45) is 0 Å². The van der Waals surface area contributed by atoms with Gasteiger partial charge in [-0.25, -0.2) is 0 Å². The van der Waals surface area contributed by atoms with Gasteiger partial charge in [0.15, 0.2) is 0 Å². The molecule has 8 nitrogen and oxygen atoms in total. The van der Waals surface area contributed by atoms with E-state index in [0.29, 0.717) is 16.2 Å². The van der Waals surface area contributed by atoms with Crippen molar-refractivity contribution < 1.29 is 4.79 Å². The number of carbonyl (C=O) groups excluding carboxylic acids is 1. The Kier molecular flexibility index (Phi) is 36.8. The summed E-state index contributed by atoms with van der Waals surface area (Å²) in [5.74, 6) is 2.57. The van der Waals surface area contributed by atoms with Gasteiger partial charge in [0.2, 0.25) is 0 Å². The van der Waals surface area contributed by atoms with Crippen LogP contribution in [-0.2, 0) is 54.1 Å². The summed E-state index contributed by atoms with van der Waals surface area (Å²) in [4.78, 5) is 30.4. The van der Waals surface area contributed by atoms with Crippen LogP contribution in [0, 0.1) is 0 Å². The summed E-state index contributed by atoms with van der Waals surface area (Å²) in [6.07, 6.45) is 39.8. The van der Waals surface area contributed by atoms with Gasteiger partial charge in [0.05, 0.1) is 0 Å². The molecule has 5 saturated carbocycles. The second-order valence-corrected chi connectivity index (χ2v) is 53.3. The molecule has 7 heterocycles. The maximum absolute atomic E-state index is 12.3. The Balaban J connectivity index is 0.000000135. The van der Waals surface area contributed by atoms with Crippen molar-refractivity contribution in [3.05, 3.63) is 248 Å². The van der Waals surface area contributed by atoms with E-state index >= 15 is 0 Å². The first kappa shape index (κ1) is 108. The molecule has 0 aromatic heterocycles. The minimum atomic E-state index is 0.146. The van der Waals surface area contributed by atoms with Crippen LogP contribution in [0.2, 0.25) is 0 Å². The van der Waals surface area contributed by atoms with Crippen LogP contribution in [0.5, 0.6) is 0 Å². The minimum absolute atomic E-state index is 0.146. The van der Waals surface area contributed by atoms with Crippen molar-refractivity contribution in [3.8, 4) is 0 Å². The molecule has 0 spiro atoms. The second-order valence-electron chi connectivity index (χ2n) is 53.3. The number of rotatable bonds is 12. The topological polar surface area (TPSA) is 39.8 Å². The molecule has 1 amide bonds. The van der Waals surface area contributed by atoms with Gasteiger partial charge in [0.25, 0.3) is 5.91 Å². The molecule has 0 radical (unpaired) electrons. The van der Waals surface area contributed by atoms with Crippen LogP contribution in [0.15, 0.2) is 170 Å². The van der Waals surface area contributed by atoms with Crippen LogP contribution in [-0.4, -0.2) is 169 Å². The fourth-order valence-electron chi connectivity index (χ4n) is 23.5. The smallest absolute Gasteiger partial charge is 0.253 e. The molecule has 8 heteroatoms. The van der Waals surface area contributed by atoms with Crippen molar-refractivity contribution in [2.75, 3.05) is 98.7 Å². The van der Waals surface area contributed by atoms with E-state index in [9.17, 15) is 4.79 Å². The third-order valence-electron chi connectivity index (χ3n) is 35.4. The number of piperidine rings is 7. The van der Waals surface area contributed by atoms with Gasteiger partial charge in [-0.2, -0.15) is 0 Å². The molecule has 0 unspecified atom stereocenters. The lowest BCUT2D eigenvalue weighted by atomic mass is 9.73. The highest BCUT2D eigenvalue weighted by Gasteiger charge is 2.41. The van der Waals surface area contributed by atoms with Gasteiger partial charge in [0, 0.05) is 48.9 Å². The summed E-state index contributed by atoms with van der Waals surface area (Å²) in [6.45, 7) is 72.5. The highest BCUT2D eigenvalue weighted by molar-refractivity contribution is 5.94. The Labute approximate surface area is 840 Å². The van der Waals surface area contributed by atoms with Crippen molar-refractivity contribution >= 4 is 5.91 Å². The third kappa shape index (κ3) is 30.7. The number of likely N-dealkylation sites (tertiary alicyclic amines) is 7. The van der Waals surface area contributed by atoms with E-state index < -0.39 is 0 Å². The fraction of sp³-hybridized carbons (Fsp3) is 0.667. The lowest BCUT2D eigenvalue weighted by Gasteiger charge is -2.45. The molecule has 137 heavy (non-hydrogen) atoms. The highest BCUT2D eigenvalue weighted by atomic mass is 16.2. The molecule has 5 aliphatic carbocycles. The van der Waals surface area contributed by atoms with Crippen molar-refractivity contribution in [1.82, 2.24) is 34.3 Å². The standard InChI is InChI=1S/2C20H31N.2C19H29N.C18H27N.C17H27N.C16H23NO/c1-19(2,3)16-8-10-17(11-9-16)20(4)12-14-21(15-13-20)18-6-5-7-18;1-20(2,3)18-10-8-16(9-11-18)17-12-14-21(15-13-17)19-6-4-5-7-19;1-18(2,3)15-5-7-16(8-6-15)19(4)11-13-20(14-12-19)17-9-10-17;1-19(2,3)17-9-7-15(8-10-17)16-11-13-20(14-12-16)18-5-4-6-18;1-18(2,3)16-6-4-14(5-7-16)15-10-12-19(13-11-15)17-8-9-17;1-16(2,3)14-6-8-15(9-7-14)17(4)10-12-18(5)13-11-17;1-16(2,3)14-9-7-13(8-10-14)15(18)17-11-5-4-6-12-17/h8-11,18H,5-7,12-15H2,1-4H3;8-11,17,19H,4-7,12-15H2,1-3H3;5-8,17H,9-14H2,1-4H3;7-10,16,18H,4-6,11-14H2,1-3H3;4-7,15,17H,8-13H2,1-3H3;6-9H,10-13H2,1-5H3;7-10H,4-6,11-12H2,1-3H3. The van der Waals surface area contributed by atoms with Gasteiger partial charge in [-0.1, -0.05) is 350 Å². The van der Waals surface area contributed by atoms with Crippen LogP contribution < -0.4 is 0 Å². The van der Waals surface area contributed by atoms with Crippen LogP contribution in [0.3, 0.4) is 0 Å². The lowest BCUT2D eigenvalue weighted by molar-refractivity contribution is 0.0724. The summed E-state index contributed by atoms with van der Waals surface area (Å²) >= 11 is 0. The Morgan fingerprint density at radius 3 is 0.650 bits per heavy atom. The molecule has 0 N–H and O–H groups in total. The first-order chi connectivity index (χ1) is 64.7. The summed E-state index contributed by atoms with van der Waals surface area (Å²) in [5, 5.41) is 0. The average Bonchev–Trinajstić information content (AvgIpc) is 1.53. The molecular weight excluding hydrogens is 1660 g/mol. The summed E-state index contributed by atoms with van der Waals surface area (Å²) < 4.78 is 0. The van der Waals surface area contributed by atoms with E-state index in [0.717, 1.165) is 79.5 Å². The molecule has 754 valence electrons. The first-order valence-electron chi connectivity index (χ1n) is 56.1. The quantitative estimate of drug-likeness (QED) is 0.121. The Morgan fingerprint density at radius 1 is 0.226 bits per heavy atom. The first-order valence-corrected chi connectivity index (χ1v) is 56.1. The van der Waals surface area contributed by atoms with Crippen LogP contribution in [0.1, 0.15) is 453 Å². The maximum Gasteiger partial charge on any atom is 0.253 e. The predicted molar refractivity (Wildman–Crippen MR) is 590 cm³/mol. The van der Waals surface area contributed by atoms with E-state index in [1.54, 1.807) is 27.8 Å². The van der Waals surface area contributed by atoms with Crippen LogP contribution >= 0.6 is 0 Å². The molecule has 7 aliphatic heterocycles. The monoisotopic (exact) mass is 1860 g/mol. The van der Waals surface area contributed by atoms with Gasteiger partial charge < -0.3 is 34.3 Å². The summed E-state index contributed by atoms with van der Waals surface area (Å²) in [7, 11) is 2.22. The third-order valence-corrected chi connectivity index (χ3v) is 35.4. The normalized spacial score (nSPS) is 22.0. The molecule has 19 rings (SSSR count). The van der Waals surface area contributed by atoms with E-state index in [2.05, 4.69) is 360 Å². The zero-order valence-corrected chi connectivity index (χ0v) is 92.2. The number of hydrogen-bond donors (Lipinski definition) is 0. The van der Waals surface area contributed by atoms with Gasteiger partial charge in [-0.05, 0) is 402 Å². The fourth-order valence-corrected chi connectivity index (χ4v) is 23.5. The van der Waals surface area contributed by atoms with Crippen molar-refractivity contribution in [1.29, 1.82) is 0 Å². The van der Waals surface area contributed by atoms with E-state index in [-0.39, 0.29) is 43.8 Å². The number of carbonyl (C=O) groups is 1. The molecule has 12 aliphatic rings. The summed E-state index contributed by atoms with van der Waals surface area (Å²) in [5.41, 5.74) is 22.9. The molecule has 0 bridgehead atoms. The zero-order valence-electron chi connectivity index (χ0n) is 92.2. The SMILES string of the molecule is CC(C)(C)c1ccc(C(=O)N2CCCCC2)cc1.CC(C)(C)c1ccc(C2(C)CCN(C3CC3)CC2)cc1.CC(C)(C)c1ccc(C2(C)CCN(C3CCC3)CC2)cc1.CC(C)(C)c1ccc(C2CCN(C3CC3)CC2)cc1.CC(C)(C)c1ccc(C2CCN(C3CCC3)CC2)cc1.CC(C)(C)c1ccc(C2CCN(C3CCCC3)CC2)cc1.CN1CCC(C)(c2ccc(C(C)(C)C)cc2)CC1. The van der Waals surface area contributed by atoms with Crippen molar-refractivity contribution in [2.45, 2.75) is 454 Å². The average molecular weight is 1860 g/mol. The van der Waals surface area contributed by atoms with Crippen LogP contribution in [0.25, 0.3) is 0 Å². The number of nitrogens with zero attached hydrogens (tertiary/aromatic N) is 7. The minimum Gasteiger partial charge on any atom is -0.339 e. The molecular formula is C129H197N7O. The summed E-state index contributed by atoms with van der Waals surface area (Å²) in [6, 6.07) is 69.3. The number of amides is 1. The Morgan fingerprint density at radius 2 is 0.431 bits per heavy atom. The van der Waals surface area contributed by atoms with Crippen molar-refractivity contribution in [3.63, 3.8) is 0 Å². The molecule has 7 saturated heterocycles. The Bertz CT molecular complexity index is 4720. The Hall–Kier alpha value is -6.23. The van der Waals surface area contributed by atoms with Gasteiger partial charge in [-0.15, -0.1) is 0 Å². The molecule has 7 aromatic rings. The largest absolute Gasteiger partial charge is 0.339 e. The predicted octanol–water partition coefficient (Wildman–Crippen LogP) is 31.1. The number of hydrogen-bond acceptors (Lipinski definition) is 7. The number of benzene rings is 7. The maximum atomic E-state index is 12.3. The molecule has 12 fully saturated rings.